The van der Waals surface area contributed by atoms with Gasteiger partial charge < -0.3 is 15.4 Å². The molecule has 23 heavy (non-hydrogen) atoms. The predicted molar refractivity (Wildman–Crippen MR) is 89.4 cm³/mol. The van der Waals surface area contributed by atoms with Gasteiger partial charge in [-0.25, -0.2) is 4.79 Å². The molecule has 0 radical (unpaired) electrons. The molecular weight excluding hydrogens is 290 g/mol. The van der Waals surface area contributed by atoms with E-state index >= 15 is 0 Å². The molecule has 0 aromatic heterocycles. The Kier molecular flexibility index (Phi) is 6.01. The molecule has 0 spiro atoms. The fourth-order valence-electron chi connectivity index (χ4n) is 2.10. The highest BCUT2D eigenvalue weighted by atomic mass is 16.5. The average Bonchev–Trinajstić information content (AvgIpc) is 2.59. The summed E-state index contributed by atoms with van der Waals surface area (Å²) in [6, 6.07) is 18.6. The van der Waals surface area contributed by atoms with E-state index in [2.05, 4.69) is 17.6 Å². The normalized spacial score (nSPS) is 11.1. The van der Waals surface area contributed by atoms with Crippen molar-refractivity contribution in [2.45, 2.75) is 12.8 Å². The molecule has 2 aromatic rings. The molecule has 0 aliphatic rings. The number of ether oxygens (including phenoxy) is 1. The topological polar surface area (TPSA) is 74.2 Å². The highest BCUT2D eigenvalue weighted by Crippen LogP contribution is 2.17. The molecule has 2 N–H and O–H groups in total. The average molecular weight is 309 g/mol. The standard InChI is InChI=1S/C18H19N3O2/c1-14(15-6-3-2-4-7-15)13-20-18(22)21-16-8-5-9-17(12-16)23-11-10-19/h2-9,12,14H,11,13H2,1H3,(H2,20,21,22)/t14-/m1/s1. The largest absolute Gasteiger partial charge is 0.479 e. The summed E-state index contributed by atoms with van der Waals surface area (Å²) >= 11 is 0. The van der Waals surface area contributed by atoms with Crippen molar-refractivity contribution in [2.75, 3.05) is 18.5 Å². The number of nitriles is 1. The fourth-order valence-corrected chi connectivity index (χ4v) is 2.10. The lowest BCUT2D eigenvalue weighted by Crippen LogP contribution is -2.31. The van der Waals surface area contributed by atoms with E-state index in [0.29, 0.717) is 18.0 Å². The van der Waals surface area contributed by atoms with Crippen molar-refractivity contribution in [2.24, 2.45) is 0 Å². The van der Waals surface area contributed by atoms with Crippen LogP contribution >= 0.6 is 0 Å². The molecule has 1 atom stereocenters. The van der Waals surface area contributed by atoms with Gasteiger partial charge in [-0.3, -0.25) is 0 Å². The van der Waals surface area contributed by atoms with E-state index in [1.165, 1.54) is 5.56 Å². The number of carbonyl (C=O) groups is 1. The first-order chi connectivity index (χ1) is 11.2. The Balaban J connectivity index is 1.84. The maximum absolute atomic E-state index is 12.0. The Labute approximate surface area is 135 Å². The summed E-state index contributed by atoms with van der Waals surface area (Å²) in [7, 11) is 0. The second kappa shape index (κ2) is 8.44. The minimum absolute atomic E-state index is 0.0236. The molecule has 0 saturated carbocycles. The van der Waals surface area contributed by atoms with Gasteiger partial charge in [0.25, 0.3) is 0 Å². The quantitative estimate of drug-likeness (QED) is 0.857. The SMILES string of the molecule is C[C@H](CNC(=O)Nc1cccc(OCC#N)c1)c1ccccc1. The number of anilines is 1. The number of carbonyl (C=O) groups excluding carboxylic acids is 1. The van der Waals surface area contributed by atoms with Crippen LogP contribution in [0.15, 0.2) is 54.6 Å². The van der Waals surface area contributed by atoms with Crippen molar-refractivity contribution in [3.05, 3.63) is 60.2 Å². The summed E-state index contributed by atoms with van der Waals surface area (Å²) in [5.74, 6) is 0.772. The number of nitrogens with one attached hydrogen (secondary N) is 2. The number of hydrogen-bond donors (Lipinski definition) is 2. The summed E-state index contributed by atoms with van der Waals surface area (Å²) < 4.78 is 5.20. The van der Waals surface area contributed by atoms with Gasteiger partial charge in [-0.2, -0.15) is 5.26 Å². The number of hydrogen-bond acceptors (Lipinski definition) is 3. The first-order valence-corrected chi connectivity index (χ1v) is 7.38. The van der Waals surface area contributed by atoms with Crippen LogP contribution < -0.4 is 15.4 Å². The third kappa shape index (κ3) is 5.36. The molecule has 0 aliphatic carbocycles. The summed E-state index contributed by atoms with van der Waals surface area (Å²) in [5, 5.41) is 14.1. The van der Waals surface area contributed by atoms with E-state index in [4.69, 9.17) is 10.00 Å². The maximum Gasteiger partial charge on any atom is 0.319 e. The third-order valence-corrected chi connectivity index (χ3v) is 3.33. The highest BCUT2D eigenvalue weighted by molar-refractivity contribution is 5.89. The van der Waals surface area contributed by atoms with Gasteiger partial charge in [0.1, 0.15) is 11.8 Å². The molecule has 5 nitrogen and oxygen atoms in total. The Hall–Kier alpha value is -3.00. The number of rotatable bonds is 6. The zero-order chi connectivity index (χ0) is 16.5. The van der Waals surface area contributed by atoms with E-state index in [1.54, 1.807) is 24.3 Å². The molecule has 0 unspecified atom stereocenters. The lowest BCUT2D eigenvalue weighted by atomic mass is 10.0. The summed E-state index contributed by atoms with van der Waals surface area (Å²) in [6.07, 6.45) is 0. The van der Waals surface area contributed by atoms with Gasteiger partial charge in [-0.15, -0.1) is 0 Å². The van der Waals surface area contributed by atoms with E-state index in [1.807, 2.05) is 36.4 Å². The van der Waals surface area contributed by atoms with Crippen molar-refractivity contribution in [3.63, 3.8) is 0 Å². The van der Waals surface area contributed by atoms with Gasteiger partial charge in [-0.05, 0) is 23.6 Å². The van der Waals surface area contributed by atoms with Crippen LogP contribution in [0.1, 0.15) is 18.4 Å². The van der Waals surface area contributed by atoms with Crippen LogP contribution in [0.4, 0.5) is 10.5 Å². The van der Waals surface area contributed by atoms with Gasteiger partial charge in [0, 0.05) is 18.3 Å². The summed E-state index contributed by atoms with van der Waals surface area (Å²) in [6.45, 7) is 2.58. The number of nitrogens with zero attached hydrogens (tertiary/aromatic N) is 1. The second-order valence-electron chi connectivity index (χ2n) is 5.12. The lowest BCUT2D eigenvalue weighted by molar-refractivity contribution is 0.251. The molecule has 2 amide bonds. The Bertz CT molecular complexity index is 680. The number of benzene rings is 2. The maximum atomic E-state index is 12.0. The summed E-state index contributed by atoms with van der Waals surface area (Å²) in [4.78, 5) is 12.0. The zero-order valence-corrected chi connectivity index (χ0v) is 13.0. The molecule has 0 heterocycles. The van der Waals surface area contributed by atoms with Gasteiger partial charge in [0.15, 0.2) is 6.61 Å². The van der Waals surface area contributed by atoms with E-state index in [-0.39, 0.29) is 18.6 Å². The highest BCUT2D eigenvalue weighted by Gasteiger charge is 2.08. The molecule has 0 bridgehead atoms. The monoisotopic (exact) mass is 309 g/mol. The Morgan fingerprint density at radius 2 is 2.00 bits per heavy atom. The van der Waals surface area contributed by atoms with Crippen molar-refractivity contribution in [1.82, 2.24) is 5.32 Å². The van der Waals surface area contributed by atoms with Crippen LogP contribution in [0, 0.1) is 11.3 Å². The molecule has 2 aromatic carbocycles. The van der Waals surface area contributed by atoms with E-state index in [0.717, 1.165) is 0 Å². The predicted octanol–water partition coefficient (Wildman–Crippen LogP) is 3.51. The van der Waals surface area contributed by atoms with Crippen LogP contribution in [-0.4, -0.2) is 19.2 Å². The molecule has 118 valence electrons. The van der Waals surface area contributed by atoms with Crippen molar-refractivity contribution in [3.8, 4) is 11.8 Å². The van der Waals surface area contributed by atoms with Gasteiger partial charge in [0.2, 0.25) is 0 Å². The molecule has 0 saturated heterocycles. The number of urea groups is 1. The van der Waals surface area contributed by atoms with E-state index in [9.17, 15) is 4.79 Å². The van der Waals surface area contributed by atoms with Gasteiger partial charge >= 0.3 is 6.03 Å². The molecule has 0 fully saturated rings. The smallest absolute Gasteiger partial charge is 0.319 e. The van der Waals surface area contributed by atoms with Crippen molar-refractivity contribution in [1.29, 1.82) is 5.26 Å². The van der Waals surface area contributed by atoms with E-state index < -0.39 is 0 Å². The second-order valence-corrected chi connectivity index (χ2v) is 5.12. The van der Waals surface area contributed by atoms with Crippen LogP contribution in [-0.2, 0) is 0 Å². The van der Waals surface area contributed by atoms with Crippen molar-refractivity contribution < 1.29 is 9.53 Å². The van der Waals surface area contributed by atoms with Crippen LogP contribution in [0.5, 0.6) is 5.75 Å². The summed E-state index contributed by atoms with van der Waals surface area (Å²) in [5.41, 5.74) is 1.80. The van der Waals surface area contributed by atoms with Crippen LogP contribution in [0.25, 0.3) is 0 Å². The van der Waals surface area contributed by atoms with Crippen LogP contribution in [0.2, 0.25) is 0 Å². The van der Waals surface area contributed by atoms with Crippen molar-refractivity contribution >= 4 is 11.7 Å². The Morgan fingerprint density at radius 3 is 2.74 bits per heavy atom. The Morgan fingerprint density at radius 1 is 1.22 bits per heavy atom. The van der Waals surface area contributed by atoms with Gasteiger partial charge in [-0.1, -0.05) is 43.3 Å². The number of amides is 2. The van der Waals surface area contributed by atoms with Gasteiger partial charge in [0.05, 0.1) is 0 Å². The molecule has 5 heteroatoms. The minimum atomic E-state index is -0.273. The lowest BCUT2D eigenvalue weighted by Gasteiger charge is -2.14. The van der Waals surface area contributed by atoms with Crippen LogP contribution in [0.3, 0.4) is 0 Å². The zero-order valence-electron chi connectivity index (χ0n) is 13.0. The third-order valence-electron chi connectivity index (χ3n) is 3.33. The molecule has 2 rings (SSSR count). The molecular formula is C18H19N3O2. The first kappa shape index (κ1) is 16.4. The first-order valence-electron chi connectivity index (χ1n) is 7.38. The minimum Gasteiger partial charge on any atom is -0.479 e. The fraction of sp³-hybridized carbons (Fsp3) is 0.222. The molecule has 0 aliphatic heterocycles.